The Morgan fingerprint density at radius 2 is 1.86 bits per heavy atom. The van der Waals surface area contributed by atoms with Gasteiger partial charge in [0.2, 0.25) is 0 Å². The monoisotopic (exact) mass is 216 g/mol. The number of rotatable bonds is 6. The number of ether oxygens (including phenoxy) is 1. The molecule has 0 aromatic heterocycles. The lowest BCUT2D eigenvalue weighted by molar-refractivity contribution is 0.0837. The van der Waals surface area contributed by atoms with Crippen LogP contribution < -0.4 is 0 Å². The van der Waals surface area contributed by atoms with Crippen molar-refractivity contribution in [2.24, 2.45) is 0 Å². The van der Waals surface area contributed by atoms with Gasteiger partial charge in [-0.3, -0.25) is 0 Å². The fraction of sp³-hybridized carbons (Fsp3) is 0.800. The van der Waals surface area contributed by atoms with E-state index in [1.165, 1.54) is 0 Å². The van der Waals surface area contributed by atoms with Gasteiger partial charge in [0.05, 0.1) is 12.2 Å². The number of hydrogen-bond donors (Lipinski definition) is 0. The Hall–Kier alpha value is 0.155. The summed E-state index contributed by atoms with van der Waals surface area (Å²) >= 11 is 0. The number of hydrogen-bond acceptors (Lipinski definition) is 2. The summed E-state index contributed by atoms with van der Waals surface area (Å²) < 4.78 is 10.7. The van der Waals surface area contributed by atoms with Crippen LogP contribution in [0.5, 0.6) is 0 Å². The van der Waals surface area contributed by atoms with Crippen molar-refractivity contribution in [2.45, 2.75) is 38.5 Å². The van der Waals surface area contributed by atoms with E-state index in [1.807, 2.05) is 12.1 Å². The highest BCUT2D eigenvalue weighted by Crippen LogP contribution is 2.32. The van der Waals surface area contributed by atoms with Gasteiger partial charge in [-0.05, 0) is 13.8 Å². The van der Waals surface area contributed by atoms with Crippen molar-refractivity contribution in [1.29, 1.82) is 0 Å². The van der Waals surface area contributed by atoms with Gasteiger partial charge in [-0.15, -0.1) is 9.24 Å². The average Bonchev–Trinajstić information content (AvgIpc) is 2.02. The first-order valence-electron chi connectivity index (χ1n) is 4.88. The van der Waals surface area contributed by atoms with Crippen LogP contribution >= 0.6 is 9.24 Å². The second-order valence-electron chi connectivity index (χ2n) is 4.47. The van der Waals surface area contributed by atoms with Crippen LogP contribution in [0.25, 0.3) is 0 Å². The van der Waals surface area contributed by atoms with Crippen LogP contribution in [0.3, 0.4) is 0 Å². The second kappa shape index (κ2) is 5.90. The molecule has 0 saturated heterocycles. The van der Waals surface area contributed by atoms with E-state index in [0.29, 0.717) is 14.1 Å². The van der Waals surface area contributed by atoms with Crippen molar-refractivity contribution < 1.29 is 9.39 Å². The molecule has 0 fully saturated rings. The maximum absolute atomic E-state index is 5.78. The maximum Gasteiger partial charge on any atom is 0.301 e. The Bertz CT molecular complexity index is 185. The van der Waals surface area contributed by atoms with Gasteiger partial charge in [0.15, 0.2) is 0 Å². The molecule has 0 spiro atoms. The van der Waals surface area contributed by atoms with Crippen molar-refractivity contribution in [3.8, 4) is 0 Å². The maximum atomic E-state index is 5.78. The zero-order valence-corrected chi connectivity index (χ0v) is 11.1. The lowest BCUT2D eigenvalue weighted by Crippen LogP contribution is -2.43. The quantitative estimate of drug-likeness (QED) is 0.499. The highest BCUT2D eigenvalue weighted by atomic mass is 31.0. The van der Waals surface area contributed by atoms with Crippen molar-refractivity contribution in [1.82, 2.24) is 0 Å². The van der Waals surface area contributed by atoms with Crippen molar-refractivity contribution >= 4 is 16.7 Å². The van der Waals surface area contributed by atoms with Crippen LogP contribution in [-0.2, 0) is 9.39 Å². The van der Waals surface area contributed by atoms with Gasteiger partial charge in [-0.2, -0.15) is 0 Å². The van der Waals surface area contributed by atoms with Crippen molar-refractivity contribution in [3.63, 3.8) is 0 Å². The van der Waals surface area contributed by atoms with Gasteiger partial charge < -0.3 is 9.39 Å². The molecule has 0 rings (SSSR count). The minimum atomic E-state index is -0.144. The standard InChI is InChI=1S/C10H22BO2P/c1-9(2,10(3,4)14)13-11-7-6-8-12-5/h6-7,11H,8,14H2,1-5H3/b7-6+. The lowest BCUT2D eigenvalue weighted by Gasteiger charge is -2.38. The molecule has 0 aromatic carbocycles. The molecule has 14 heavy (non-hydrogen) atoms. The van der Waals surface area contributed by atoms with E-state index < -0.39 is 0 Å². The van der Waals surface area contributed by atoms with Gasteiger partial charge >= 0.3 is 7.48 Å². The SMILES string of the molecule is COC/C=C/BOC(C)(C)C(C)(C)P. The molecule has 0 aliphatic carbocycles. The zero-order valence-electron chi connectivity index (χ0n) is 9.96. The van der Waals surface area contributed by atoms with E-state index in [4.69, 9.17) is 9.39 Å². The Morgan fingerprint density at radius 3 is 2.29 bits per heavy atom. The predicted molar refractivity (Wildman–Crippen MR) is 67.1 cm³/mol. The Labute approximate surface area is 90.9 Å². The fourth-order valence-corrected chi connectivity index (χ4v) is 0.758. The van der Waals surface area contributed by atoms with Gasteiger partial charge in [-0.1, -0.05) is 25.9 Å². The first-order valence-corrected chi connectivity index (χ1v) is 5.46. The topological polar surface area (TPSA) is 18.5 Å². The predicted octanol–water partition coefficient (Wildman–Crippen LogP) is 1.95. The van der Waals surface area contributed by atoms with Crippen LogP contribution in [0, 0.1) is 0 Å². The Kier molecular flexibility index (Phi) is 5.96. The molecule has 0 radical (unpaired) electrons. The molecule has 0 bridgehead atoms. The van der Waals surface area contributed by atoms with E-state index in [0.717, 1.165) is 0 Å². The molecular formula is C10H22BO2P. The number of methoxy groups -OCH3 is 1. The van der Waals surface area contributed by atoms with Gasteiger partial charge in [0, 0.05) is 12.3 Å². The summed E-state index contributed by atoms with van der Waals surface area (Å²) in [5, 5.41) is 0.0715. The molecule has 82 valence electrons. The van der Waals surface area contributed by atoms with E-state index in [1.54, 1.807) is 7.11 Å². The molecule has 1 atom stereocenters. The molecule has 0 amide bonds. The molecule has 1 unspecified atom stereocenters. The first kappa shape index (κ1) is 14.2. The third kappa shape index (κ3) is 5.14. The van der Waals surface area contributed by atoms with Crippen LogP contribution in [-0.4, -0.2) is 32.0 Å². The van der Waals surface area contributed by atoms with Crippen LogP contribution in [0.2, 0.25) is 0 Å². The van der Waals surface area contributed by atoms with Crippen LogP contribution in [0.15, 0.2) is 12.1 Å². The summed E-state index contributed by atoms with van der Waals surface area (Å²) in [6.45, 7) is 9.15. The minimum absolute atomic E-state index is 0.0715. The smallest absolute Gasteiger partial charge is 0.301 e. The summed E-state index contributed by atoms with van der Waals surface area (Å²) in [5.74, 6) is 1.99. The van der Waals surface area contributed by atoms with Crippen molar-refractivity contribution in [3.05, 3.63) is 12.1 Å². The molecule has 0 saturated carbocycles. The van der Waals surface area contributed by atoms with E-state index in [2.05, 4.69) is 36.9 Å². The fourth-order valence-electron chi connectivity index (χ4n) is 0.675. The summed E-state index contributed by atoms with van der Waals surface area (Å²) in [4.78, 5) is 0. The van der Waals surface area contributed by atoms with Crippen LogP contribution in [0.1, 0.15) is 27.7 Å². The van der Waals surface area contributed by atoms with E-state index in [9.17, 15) is 0 Å². The van der Waals surface area contributed by atoms with Gasteiger partial charge in [0.1, 0.15) is 0 Å². The summed E-state index contributed by atoms with van der Waals surface area (Å²) in [6.07, 6.45) is 1.96. The third-order valence-electron chi connectivity index (χ3n) is 2.52. The summed E-state index contributed by atoms with van der Waals surface area (Å²) in [6, 6.07) is 0. The Morgan fingerprint density at radius 1 is 1.29 bits per heavy atom. The molecule has 0 N–H and O–H groups in total. The third-order valence-corrected chi connectivity index (χ3v) is 3.22. The van der Waals surface area contributed by atoms with E-state index >= 15 is 0 Å². The molecule has 4 heteroatoms. The second-order valence-corrected chi connectivity index (χ2v) is 5.91. The highest BCUT2D eigenvalue weighted by Gasteiger charge is 2.32. The minimum Gasteiger partial charge on any atom is -0.429 e. The molecule has 0 aliphatic heterocycles. The van der Waals surface area contributed by atoms with E-state index in [-0.39, 0.29) is 10.8 Å². The van der Waals surface area contributed by atoms with Crippen LogP contribution in [0.4, 0.5) is 0 Å². The molecule has 0 heterocycles. The molecule has 0 aliphatic rings. The molecule has 2 nitrogen and oxygen atoms in total. The lowest BCUT2D eigenvalue weighted by atomic mass is 9.89. The highest BCUT2D eigenvalue weighted by molar-refractivity contribution is 7.19. The summed E-state index contributed by atoms with van der Waals surface area (Å²) in [5.41, 5.74) is -0.144. The summed E-state index contributed by atoms with van der Waals surface area (Å²) in [7, 11) is 5.13. The largest absolute Gasteiger partial charge is 0.429 e. The first-order chi connectivity index (χ1) is 6.31. The van der Waals surface area contributed by atoms with Gasteiger partial charge in [-0.25, -0.2) is 0 Å². The molecule has 0 aromatic rings. The molecular weight excluding hydrogens is 194 g/mol. The van der Waals surface area contributed by atoms with Gasteiger partial charge in [0.25, 0.3) is 0 Å². The average molecular weight is 216 g/mol. The van der Waals surface area contributed by atoms with Crippen molar-refractivity contribution in [2.75, 3.05) is 13.7 Å². The zero-order chi connectivity index (χ0) is 11.2. The Balaban J connectivity index is 3.89. The normalized spacial score (nSPS) is 13.6.